The van der Waals surface area contributed by atoms with Gasteiger partial charge >= 0.3 is 0 Å². The molecule has 200 valence electrons. The van der Waals surface area contributed by atoms with Gasteiger partial charge in [0.05, 0.1) is 0 Å². The van der Waals surface area contributed by atoms with Crippen molar-refractivity contribution in [1.29, 1.82) is 0 Å². The molecule has 18 atom stereocenters. The fourth-order valence-electron chi connectivity index (χ4n) is 11.0. The van der Waals surface area contributed by atoms with Gasteiger partial charge in [0.25, 0.3) is 0 Å². The molecule has 18 unspecified atom stereocenters. The summed E-state index contributed by atoms with van der Waals surface area (Å²) < 4.78 is 0. The lowest BCUT2D eigenvalue weighted by Gasteiger charge is -2.50. The molecule has 0 saturated heterocycles. The average molecular weight is 473 g/mol. The van der Waals surface area contributed by atoms with Crippen molar-refractivity contribution in [2.45, 2.75) is 110 Å². The molecule has 0 radical (unpaired) electrons. The summed E-state index contributed by atoms with van der Waals surface area (Å²) >= 11 is 0. The molecule has 4 fully saturated rings. The monoisotopic (exact) mass is 473 g/mol. The molecule has 0 aromatic rings. The standard InChI is InChI=1S/C31H56.C3H8/c1-14-16(3)22(9)30-26(18(5)24(11)28(30)20(14)7)13-27-19(6)25(12)29-21(8)15(2)17(4)23(10)31(27)29;1-3-2/h14-31H,13H2,1-12H3;3H2,1-2H3. The van der Waals surface area contributed by atoms with Crippen molar-refractivity contribution in [1.82, 2.24) is 0 Å². The first-order valence-electron chi connectivity index (χ1n) is 15.8. The summed E-state index contributed by atoms with van der Waals surface area (Å²) in [5, 5.41) is 0. The van der Waals surface area contributed by atoms with E-state index in [1.165, 1.54) is 12.8 Å². The molecule has 0 aromatic carbocycles. The minimum absolute atomic E-state index is 0.887. The van der Waals surface area contributed by atoms with E-state index in [4.69, 9.17) is 0 Å². The third kappa shape index (κ3) is 4.36. The van der Waals surface area contributed by atoms with Crippen LogP contribution in [0.25, 0.3) is 0 Å². The van der Waals surface area contributed by atoms with Gasteiger partial charge in [-0.3, -0.25) is 0 Å². The Balaban J connectivity index is 0.00000103. The summed E-state index contributed by atoms with van der Waals surface area (Å²) in [5.74, 6) is 16.6. The van der Waals surface area contributed by atoms with E-state index in [-0.39, 0.29) is 0 Å². The van der Waals surface area contributed by atoms with Gasteiger partial charge in [0.2, 0.25) is 0 Å². The number of rotatable bonds is 2. The molecule has 0 spiro atoms. The van der Waals surface area contributed by atoms with Gasteiger partial charge in [-0.15, -0.1) is 0 Å². The predicted octanol–water partition coefficient (Wildman–Crippen LogP) is 10.2. The maximum atomic E-state index is 2.65. The molecule has 4 rings (SSSR count). The number of hydrogen-bond acceptors (Lipinski definition) is 0. The molecular weight excluding hydrogens is 408 g/mol. The Morgan fingerprint density at radius 1 is 0.294 bits per heavy atom. The first-order chi connectivity index (χ1) is 15.8. The SMILES string of the molecule is CC1C(C)C(C)C2C(CC3C(C)C(C)C4C(C)C(C)C(C)C(C)C34)C(C)C(C)C2C1C.CCC. The van der Waals surface area contributed by atoms with Crippen LogP contribution in [0.4, 0.5) is 0 Å². The van der Waals surface area contributed by atoms with E-state index >= 15 is 0 Å². The van der Waals surface area contributed by atoms with Gasteiger partial charge in [0, 0.05) is 0 Å². The normalized spacial score (nSPS) is 59.1. The second-order valence-electron chi connectivity index (χ2n) is 14.9. The molecule has 0 amide bonds. The molecule has 34 heavy (non-hydrogen) atoms. The van der Waals surface area contributed by atoms with Crippen LogP contribution in [0.5, 0.6) is 0 Å². The number of hydrogen-bond donors (Lipinski definition) is 0. The minimum atomic E-state index is 0.887. The van der Waals surface area contributed by atoms with Crippen molar-refractivity contribution in [3.63, 3.8) is 0 Å². The van der Waals surface area contributed by atoms with Crippen molar-refractivity contribution < 1.29 is 0 Å². The van der Waals surface area contributed by atoms with Crippen LogP contribution in [-0.4, -0.2) is 0 Å². The molecule has 0 bridgehead atoms. The minimum Gasteiger partial charge on any atom is -0.0656 e. The second-order valence-corrected chi connectivity index (χ2v) is 14.9. The van der Waals surface area contributed by atoms with Crippen molar-refractivity contribution in [3.8, 4) is 0 Å². The molecule has 4 aliphatic rings. The van der Waals surface area contributed by atoms with E-state index in [0.717, 1.165) is 107 Å². The summed E-state index contributed by atoms with van der Waals surface area (Å²) in [5.41, 5.74) is 0. The van der Waals surface area contributed by atoms with Gasteiger partial charge in [-0.1, -0.05) is 103 Å². The van der Waals surface area contributed by atoms with Gasteiger partial charge < -0.3 is 0 Å². The predicted molar refractivity (Wildman–Crippen MR) is 151 cm³/mol. The van der Waals surface area contributed by atoms with Gasteiger partial charge in [0.15, 0.2) is 0 Å². The molecular formula is C34H64. The quantitative estimate of drug-likeness (QED) is 0.375. The Morgan fingerprint density at radius 3 is 0.765 bits per heavy atom. The molecule has 4 saturated carbocycles. The summed E-state index contributed by atoms with van der Waals surface area (Å²) in [7, 11) is 0. The van der Waals surface area contributed by atoms with Crippen LogP contribution in [0.15, 0.2) is 0 Å². The van der Waals surface area contributed by atoms with Gasteiger partial charge in [-0.25, -0.2) is 0 Å². The zero-order valence-electron chi connectivity index (χ0n) is 25.8. The summed E-state index contributed by atoms with van der Waals surface area (Å²) in [6.45, 7) is 35.6. The van der Waals surface area contributed by atoms with Gasteiger partial charge in [-0.2, -0.15) is 0 Å². The van der Waals surface area contributed by atoms with Crippen LogP contribution < -0.4 is 0 Å². The van der Waals surface area contributed by atoms with Crippen LogP contribution in [0.2, 0.25) is 0 Å². The van der Waals surface area contributed by atoms with E-state index in [2.05, 4.69) is 96.9 Å². The third-order valence-corrected chi connectivity index (χ3v) is 14.1. The fraction of sp³-hybridized carbons (Fsp3) is 1.00. The van der Waals surface area contributed by atoms with E-state index in [0.29, 0.717) is 0 Å². The van der Waals surface area contributed by atoms with Crippen molar-refractivity contribution >= 4 is 0 Å². The highest BCUT2D eigenvalue weighted by Gasteiger charge is 2.59. The Labute approximate surface area is 216 Å². The summed E-state index contributed by atoms with van der Waals surface area (Å²) in [6.07, 6.45) is 2.79. The largest absolute Gasteiger partial charge is 0.0656 e. The van der Waals surface area contributed by atoms with Crippen molar-refractivity contribution in [2.24, 2.45) is 107 Å². The molecule has 0 nitrogen and oxygen atoms in total. The smallest absolute Gasteiger partial charge is 0.0321 e. The average Bonchev–Trinajstić information content (AvgIpc) is 3.19. The Bertz CT molecular complexity index is 596. The van der Waals surface area contributed by atoms with Gasteiger partial charge in [-0.05, 0) is 113 Å². The lowest BCUT2D eigenvalue weighted by molar-refractivity contribution is -0.0209. The second kappa shape index (κ2) is 10.8. The molecule has 0 aliphatic heterocycles. The van der Waals surface area contributed by atoms with Crippen LogP contribution in [-0.2, 0) is 0 Å². The topological polar surface area (TPSA) is 0 Å². The molecule has 4 aliphatic carbocycles. The van der Waals surface area contributed by atoms with Crippen molar-refractivity contribution in [2.75, 3.05) is 0 Å². The maximum Gasteiger partial charge on any atom is -0.0321 e. The lowest BCUT2D eigenvalue weighted by atomic mass is 9.55. The highest BCUT2D eigenvalue weighted by atomic mass is 14.6. The Kier molecular flexibility index (Phi) is 9.05. The van der Waals surface area contributed by atoms with E-state index in [9.17, 15) is 0 Å². The zero-order chi connectivity index (χ0) is 25.8. The highest BCUT2D eigenvalue weighted by molar-refractivity contribution is 5.07. The van der Waals surface area contributed by atoms with Crippen LogP contribution in [0.1, 0.15) is 110 Å². The van der Waals surface area contributed by atoms with E-state index in [1.54, 1.807) is 0 Å². The third-order valence-electron chi connectivity index (χ3n) is 14.1. The molecule has 0 N–H and O–H groups in total. The van der Waals surface area contributed by atoms with E-state index < -0.39 is 0 Å². The van der Waals surface area contributed by atoms with Crippen LogP contribution in [0, 0.1) is 107 Å². The number of fused-ring (bicyclic) bond motifs is 2. The molecule has 0 heteroatoms. The Hall–Kier alpha value is 0. The molecule has 0 aromatic heterocycles. The van der Waals surface area contributed by atoms with Crippen molar-refractivity contribution in [3.05, 3.63) is 0 Å². The molecule has 0 heterocycles. The summed E-state index contributed by atoms with van der Waals surface area (Å²) in [6, 6.07) is 0. The summed E-state index contributed by atoms with van der Waals surface area (Å²) in [4.78, 5) is 0. The van der Waals surface area contributed by atoms with E-state index in [1.807, 2.05) is 0 Å². The first-order valence-corrected chi connectivity index (χ1v) is 15.8. The fourth-order valence-corrected chi connectivity index (χ4v) is 11.0. The Morgan fingerprint density at radius 2 is 0.500 bits per heavy atom. The van der Waals surface area contributed by atoms with Gasteiger partial charge in [0.1, 0.15) is 0 Å². The first kappa shape index (κ1) is 28.6. The highest BCUT2D eigenvalue weighted by Crippen LogP contribution is 2.65. The maximum absolute atomic E-state index is 2.65. The lowest BCUT2D eigenvalue weighted by Crippen LogP contribution is -2.45. The zero-order valence-corrected chi connectivity index (χ0v) is 25.8. The van der Waals surface area contributed by atoms with Crippen LogP contribution in [0.3, 0.4) is 0 Å². The van der Waals surface area contributed by atoms with Crippen LogP contribution >= 0.6 is 0 Å².